The Kier molecular flexibility index (Phi) is 12.5. The molecule has 3 atom stereocenters. The molecule has 0 aliphatic carbocycles. The summed E-state index contributed by atoms with van der Waals surface area (Å²) in [6.07, 6.45) is 4.48. The van der Waals surface area contributed by atoms with Crippen LogP contribution < -0.4 is 16.0 Å². The highest BCUT2D eigenvalue weighted by atomic mass is 33.1. The number of ketones is 1. The van der Waals surface area contributed by atoms with Gasteiger partial charge in [-0.3, -0.25) is 19.2 Å². The highest BCUT2D eigenvalue weighted by Gasteiger charge is 2.31. The van der Waals surface area contributed by atoms with Crippen molar-refractivity contribution in [1.29, 1.82) is 0 Å². The van der Waals surface area contributed by atoms with Gasteiger partial charge >= 0.3 is 0 Å². The fourth-order valence-corrected chi connectivity index (χ4v) is 6.77. The molecule has 0 bridgehead atoms. The Bertz CT molecular complexity index is 857. The third-order valence-corrected chi connectivity index (χ3v) is 8.75. The Morgan fingerprint density at radius 1 is 1.09 bits per heavy atom. The van der Waals surface area contributed by atoms with E-state index in [1.54, 1.807) is 19.1 Å². The van der Waals surface area contributed by atoms with Gasteiger partial charge in [0.2, 0.25) is 17.6 Å². The number of phenols is 1. The van der Waals surface area contributed by atoms with Gasteiger partial charge in [-0.05, 0) is 49.8 Å². The lowest BCUT2D eigenvalue weighted by Crippen LogP contribution is -2.56. The molecular weight excluding hydrogens is 486 g/mol. The first kappa shape index (κ1) is 29.0. The summed E-state index contributed by atoms with van der Waals surface area (Å²) >= 11 is 0. The number of nitrogens with one attached hydrogen (secondary N) is 3. The fraction of sp³-hybridized carbons (Fsp3) is 0.600. The smallest absolute Gasteiger partial charge is 0.289 e. The number of benzene rings is 1. The molecule has 0 saturated carbocycles. The van der Waals surface area contributed by atoms with Crippen molar-refractivity contribution in [2.45, 2.75) is 76.6 Å². The van der Waals surface area contributed by atoms with Crippen LogP contribution in [0.1, 0.15) is 58.4 Å². The quantitative estimate of drug-likeness (QED) is 0.168. The van der Waals surface area contributed by atoms with Crippen LogP contribution in [0, 0.1) is 5.92 Å². The predicted octanol–water partition coefficient (Wildman–Crippen LogP) is 2.98. The Balaban J connectivity index is 1.98. The van der Waals surface area contributed by atoms with Crippen LogP contribution in [0.4, 0.5) is 0 Å². The van der Waals surface area contributed by atoms with Crippen molar-refractivity contribution in [3.8, 4) is 5.75 Å². The maximum Gasteiger partial charge on any atom is 0.289 e. The summed E-state index contributed by atoms with van der Waals surface area (Å²) < 4.78 is 0. The lowest BCUT2D eigenvalue weighted by Gasteiger charge is -2.25. The molecule has 10 heteroatoms. The zero-order valence-corrected chi connectivity index (χ0v) is 22.3. The first-order valence-electron chi connectivity index (χ1n) is 12.2. The van der Waals surface area contributed by atoms with Crippen LogP contribution in [0.3, 0.4) is 0 Å². The second-order valence-electron chi connectivity index (χ2n) is 9.02. The van der Waals surface area contributed by atoms with Crippen LogP contribution in [0.5, 0.6) is 5.75 Å². The first-order chi connectivity index (χ1) is 16.7. The second-order valence-corrected chi connectivity index (χ2v) is 11.8. The van der Waals surface area contributed by atoms with Gasteiger partial charge in [0, 0.05) is 30.4 Å². The van der Waals surface area contributed by atoms with E-state index in [2.05, 4.69) is 16.0 Å². The SMILES string of the molecule is CCNC(=O)C(=O)[C@H](Cc1ccc(O)cc1)NC(=O)[C@@H](NC(=O)CCCCC1CCSS1)C(C)C. The third kappa shape index (κ3) is 10.1. The minimum absolute atomic E-state index is 0.0767. The molecule has 1 aliphatic rings. The van der Waals surface area contributed by atoms with E-state index < -0.39 is 29.7 Å². The molecule has 1 unspecified atom stereocenters. The van der Waals surface area contributed by atoms with Gasteiger partial charge in [0.25, 0.3) is 5.91 Å². The summed E-state index contributed by atoms with van der Waals surface area (Å²) in [6.45, 7) is 5.63. The van der Waals surface area contributed by atoms with Crippen molar-refractivity contribution in [3.63, 3.8) is 0 Å². The molecule has 0 spiro atoms. The number of amides is 3. The molecule has 4 N–H and O–H groups in total. The number of phenolic OH excluding ortho intramolecular Hbond substituents is 1. The Hall–Kier alpha value is -2.20. The van der Waals surface area contributed by atoms with Crippen molar-refractivity contribution < 1.29 is 24.3 Å². The number of carbonyl (C=O) groups excluding carboxylic acids is 4. The standard InChI is InChI=1S/C25H37N3O5S2/c1-4-26-25(33)23(31)20(15-17-9-11-18(29)12-10-17)27-24(32)22(16(2)3)28-21(30)8-6-5-7-19-13-14-34-35-19/h9-12,16,19-20,22,29H,4-8,13-15H2,1-3H3,(H,26,33)(H,27,32)(H,28,30)/t19?,20-,22-/m0/s1. The molecule has 1 aromatic carbocycles. The van der Waals surface area contributed by atoms with Gasteiger partial charge in [-0.25, -0.2) is 0 Å². The Morgan fingerprint density at radius 2 is 1.80 bits per heavy atom. The van der Waals surface area contributed by atoms with E-state index in [4.69, 9.17) is 0 Å². The molecule has 0 aromatic heterocycles. The van der Waals surface area contributed by atoms with Crippen molar-refractivity contribution in [3.05, 3.63) is 29.8 Å². The molecule has 8 nitrogen and oxygen atoms in total. The van der Waals surface area contributed by atoms with Crippen molar-refractivity contribution >= 4 is 45.1 Å². The monoisotopic (exact) mass is 523 g/mol. The molecule has 3 amide bonds. The number of Topliss-reactive ketones (excluding diaryl/α,β-unsaturated/α-hetero) is 1. The first-order valence-corrected chi connectivity index (χ1v) is 14.6. The maximum absolute atomic E-state index is 13.1. The molecule has 1 heterocycles. The molecule has 194 valence electrons. The van der Waals surface area contributed by atoms with E-state index in [9.17, 15) is 24.3 Å². The van der Waals surface area contributed by atoms with Crippen LogP contribution in [0.2, 0.25) is 0 Å². The summed E-state index contributed by atoms with van der Waals surface area (Å²) in [5, 5.41) is 18.1. The van der Waals surface area contributed by atoms with E-state index in [-0.39, 0.29) is 30.5 Å². The van der Waals surface area contributed by atoms with E-state index >= 15 is 0 Å². The van der Waals surface area contributed by atoms with Gasteiger partial charge in [-0.2, -0.15) is 0 Å². The molecule has 2 rings (SSSR count). The zero-order valence-electron chi connectivity index (χ0n) is 20.7. The largest absolute Gasteiger partial charge is 0.508 e. The van der Waals surface area contributed by atoms with Gasteiger partial charge in [0.05, 0.1) is 0 Å². The summed E-state index contributed by atoms with van der Waals surface area (Å²) in [6, 6.07) is 4.29. The second kappa shape index (κ2) is 15.0. The summed E-state index contributed by atoms with van der Waals surface area (Å²) in [5.74, 6) is -1.18. The molecular formula is C25H37N3O5S2. The molecule has 1 fully saturated rings. The maximum atomic E-state index is 13.1. The number of aromatic hydroxyl groups is 1. The molecule has 1 aromatic rings. The molecule has 35 heavy (non-hydrogen) atoms. The highest BCUT2D eigenvalue weighted by Crippen LogP contribution is 2.39. The van der Waals surface area contributed by atoms with E-state index in [0.717, 1.165) is 19.3 Å². The minimum Gasteiger partial charge on any atom is -0.508 e. The van der Waals surface area contributed by atoms with Gasteiger partial charge in [-0.15, -0.1) is 0 Å². The van der Waals surface area contributed by atoms with Crippen molar-refractivity contribution in [1.82, 2.24) is 16.0 Å². The van der Waals surface area contributed by atoms with Gasteiger partial charge < -0.3 is 21.1 Å². The minimum atomic E-state index is -1.10. The van der Waals surface area contributed by atoms with Crippen LogP contribution in [0.25, 0.3) is 0 Å². The number of rotatable bonds is 14. The van der Waals surface area contributed by atoms with E-state index in [0.29, 0.717) is 17.2 Å². The highest BCUT2D eigenvalue weighted by molar-refractivity contribution is 8.77. The lowest BCUT2D eigenvalue weighted by molar-refractivity contribution is -0.140. The average Bonchev–Trinajstić information content (AvgIpc) is 3.34. The number of likely N-dealkylation sites (N-methyl/N-ethyl adjacent to an activating group) is 1. The van der Waals surface area contributed by atoms with Gasteiger partial charge in [0.1, 0.15) is 17.8 Å². The topological polar surface area (TPSA) is 125 Å². The molecule has 0 radical (unpaired) electrons. The van der Waals surface area contributed by atoms with Crippen LogP contribution in [-0.2, 0) is 25.6 Å². The zero-order chi connectivity index (χ0) is 25.8. The third-order valence-electron chi connectivity index (χ3n) is 5.74. The number of carbonyl (C=O) groups is 4. The number of hydrogen-bond acceptors (Lipinski definition) is 7. The predicted molar refractivity (Wildman–Crippen MR) is 141 cm³/mol. The summed E-state index contributed by atoms with van der Waals surface area (Å²) in [4.78, 5) is 50.6. The van der Waals surface area contributed by atoms with E-state index in [1.807, 2.05) is 35.4 Å². The Morgan fingerprint density at radius 3 is 2.40 bits per heavy atom. The number of unbranched alkanes of at least 4 members (excludes halogenated alkanes) is 1. The van der Waals surface area contributed by atoms with Crippen molar-refractivity contribution in [2.24, 2.45) is 5.92 Å². The van der Waals surface area contributed by atoms with Crippen LogP contribution in [-0.4, -0.2) is 58.2 Å². The molecule has 1 saturated heterocycles. The lowest BCUT2D eigenvalue weighted by atomic mass is 9.98. The van der Waals surface area contributed by atoms with Gasteiger partial charge in [0.15, 0.2) is 0 Å². The molecule has 1 aliphatic heterocycles. The van der Waals surface area contributed by atoms with Gasteiger partial charge in [-0.1, -0.05) is 54.0 Å². The van der Waals surface area contributed by atoms with Crippen LogP contribution in [0.15, 0.2) is 24.3 Å². The van der Waals surface area contributed by atoms with E-state index in [1.165, 1.54) is 24.3 Å². The summed E-state index contributed by atoms with van der Waals surface area (Å²) in [7, 11) is 3.83. The summed E-state index contributed by atoms with van der Waals surface area (Å²) in [5.41, 5.74) is 0.676. The number of hydrogen-bond donors (Lipinski definition) is 4. The Labute approximate surface area is 215 Å². The fourth-order valence-electron chi connectivity index (χ4n) is 3.75. The van der Waals surface area contributed by atoms with Crippen molar-refractivity contribution in [2.75, 3.05) is 12.3 Å². The average molecular weight is 524 g/mol. The normalized spacial score (nSPS) is 17.0. The van der Waals surface area contributed by atoms with Crippen LogP contribution >= 0.6 is 21.6 Å².